The van der Waals surface area contributed by atoms with Gasteiger partial charge in [0.15, 0.2) is 6.10 Å². The summed E-state index contributed by atoms with van der Waals surface area (Å²) in [5.41, 5.74) is 2.63. The molecule has 1 saturated heterocycles. The van der Waals surface area contributed by atoms with Gasteiger partial charge < -0.3 is 4.74 Å². The first-order valence-electron chi connectivity index (χ1n) is 9.51. The maximum atomic E-state index is 12.4. The molecule has 0 saturated carbocycles. The van der Waals surface area contributed by atoms with E-state index in [1.807, 2.05) is 0 Å². The Balaban J connectivity index is 1.56. The number of carbonyl (C=O) groups is 4. The normalized spacial score (nSPS) is 16.4. The van der Waals surface area contributed by atoms with Gasteiger partial charge in [-0.05, 0) is 43.3 Å². The van der Waals surface area contributed by atoms with Gasteiger partial charge in [-0.1, -0.05) is 11.6 Å². The van der Waals surface area contributed by atoms with E-state index < -0.39 is 40.5 Å². The van der Waals surface area contributed by atoms with Crippen LogP contribution in [-0.2, 0) is 14.3 Å². The van der Waals surface area contributed by atoms with Gasteiger partial charge in [-0.25, -0.2) is 0 Å². The van der Waals surface area contributed by atoms with Gasteiger partial charge in [0.2, 0.25) is 11.7 Å². The van der Waals surface area contributed by atoms with Crippen LogP contribution in [-0.4, -0.2) is 46.1 Å². The van der Waals surface area contributed by atoms with Crippen molar-refractivity contribution in [1.29, 1.82) is 0 Å². The first-order valence-corrected chi connectivity index (χ1v) is 9.89. The first-order chi connectivity index (χ1) is 15.2. The van der Waals surface area contributed by atoms with Gasteiger partial charge in [0.1, 0.15) is 0 Å². The summed E-state index contributed by atoms with van der Waals surface area (Å²) in [7, 11) is 0. The van der Waals surface area contributed by atoms with Crippen LogP contribution in [0, 0.1) is 16.0 Å². The lowest BCUT2D eigenvalue weighted by Gasteiger charge is -2.18. The molecule has 166 valence electrons. The Morgan fingerprint density at radius 1 is 1.12 bits per heavy atom. The Bertz CT molecular complexity index is 1070. The number of halogens is 1. The number of carbonyl (C=O) groups excluding carboxylic acids is 4. The Morgan fingerprint density at radius 2 is 1.72 bits per heavy atom. The van der Waals surface area contributed by atoms with E-state index in [2.05, 4.69) is 5.43 Å². The summed E-state index contributed by atoms with van der Waals surface area (Å²) in [5, 5.41) is 12.1. The number of ether oxygens (including phenoxy) is 1. The number of hydrogen-bond donors (Lipinski definition) is 1. The van der Waals surface area contributed by atoms with Crippen molar-refractivity contribution in [1.82, 2.24) is 10.4 Å². The van der Waals surface area contributed by atoms with Crippen molar-refractivity contribution in [3.8, 4) is 0 Å². The first kappa shape index (κ1) is 22.9. The number of amides is 2. The quantitative estimate of drug-likeness (QED) is 0.291. The minimum atomic E-state index is -1.07. The standard InChI is InChI=1S/C21H18ClN3O7/c1-12(19(27)13-2-6-16(22)7-3-13)32-21(29)15-10-18(26)24(11-15)23-20(28)14-4-8-17(9-5-14)25(30)31/h2-9,12,15H,10-11H2,1H3,(H,23,28)/t12-,15-/m0/s1. The average Bonchev–Trinajstić information content (AvgIpc) is 3.14. The number of Topliss-reactive ketones (excluding diaryl/α,β-unsaturated/α-hetero) is 1. The number of hydrazine groups is 1. The Kier molecular flexibility index (Phi) is 6.84. The molecule has 2 aromatic carbocycles. The maximum Gasteiger partial charge on any atom is 0.312 e. The number of nitrogens with zero attached hydrogens (tertiary/aromatic N) is 2. The van der Waals surface area contributed by atoms with Crippen molar-refractivity contribution in [3.63, 3.8) is 0 Å². The Labute approximate surface area is 187 Å². The number of nitrogens with one attached hydrogen (secondary N) is 1. The molecule has 0 aromatic heterocycles. The molecule has 1 aliphatic rings. The summed E-state index contributed by atoms with van der Waals surface area (Å²) in [6.45, 7) is 1.30. The van der Waals surface area contributed by atoms with Gasteiger partial charge in [-0.2, -0.15) is 0 Å². The highest BCUT2D eigenvalue weighted by Gasteiger charge is 2.37. The molecule has 10 nitrogen and oxygen atoms in total. The Hall–Kier alpha value is -3.79. The molecule has 0 unspecified atom stereocenters. The number of hydrogen-bond acceptors (Lipinski definition) is 7. The van der Waals surface area contributed by atoms with E-state index in [0.717, 1.165) is 5.01 Å². The van der Waals surface area contributed by atoms with E-state index in [4.69, 9.17) is 16.3 Å². The van der Waals surface area contributed by atoms with Crippen LogP contribution < -0.4 is 5.43 Å². The molecule has 0 radical (unpaired) electrons. The summed E-state index contributed by atoms with van der Waals surface area (Å²) < 4.78 is 5.23. The van der Waals surface area contributed by atoms with E-state index in [1.54, 1.807) is 12.1 Å². The third-order valence-corrected chi connectivity index (χ3v) is 5.08. The molecule has 3 rings (SSSR count). The van der Waals surface area contributed by atoms with Crippen molar-refractivity contribution in [2.24, 2.45) is 5.92 Å². The van der Waals surface area contributed by atoms with Crippen LogP contribution in [0.5, 0.6) is 0 Å². The van der Waals surface area contributed by atoms with Gasteiger partial charge in [-0.15, -0.1) is 0 Å². The summed E-state index contributed by atoms with van der Waals surface area (Å²) in [5.74, 6) is -3.17. The van der Waals surface area contributed by atoms with Gasteiger partial charge in [0.25, 0.3) is 11.6 Å². The smallest absolute Gasteiger partial charge is 0.312 e. The van der Waals surface area contributed by atoms with E-state index in [-0.39, 0.29) is 24.2 Å². The molecule has 1 N–H and O–H groups in total. The topological polar surface area (TPSA) is 136 Å². The highest BCUT2D eigenvalue weighted by atomic mass is 35.5. The van der Waals surface area contributed by atoms with Gasteiger partial charge in [0, 0.05) is 34.7 Å². The zero-order chi connectivity index (χ0) is 23.4. The molecule has 11 heteroatoms. The monoisotopic (exact) mass is 459 g/mol. The predicted molar refractivity (Wildman–Crippen MR) is 112 cm³/mol. The van der Waals surface area contributed by atoms with E-state index in [1.165, 1.54) is 43.3 Å². The summed E-state index contributed by atoms with van der Waals surface area (Å²) in [4.78, 5) is 59.5. The molecular formula is C21H18ClN3O7. The van der Waals surface area contributed by atoms with Crippen LogP contribution >= 0.6 is 11.6 Å². The second kappa shape index (κ2) is 9.56. The third-order valence-electron chi connectivity index (χ3n) is 4.83. The molecule has 0 aliphatic carbocycles. The molecule has 2 aromatic rings. The molecule has 32 heavy (non-hydrogen) atoms. The lowest BCUT2D eigenvalue weighted by molar-refractivity contribution is -0.384. The number of nitro groups is 1. The highest BCUT2D eigenvalue weighted by molar-refractivity contribution is 6.30. The summed E-state index contributed by atoms with van der Waals surface area (Å²) in [6.07, 6.45) is -1.26. The van der Waals surface area contributed by atoms with E-state index in [0.29, 0.717) is 10.6 Å². The molecule has 1 aliphatic heterocycles. The second-order valence-electron chi connectivity index (χ2n) is 7.10. The molecule has 2 atom stereocenters. The van der Waals surface area contributed by atoms with Crippen molar-refractivity contribution in [2.75, 3.05) is 6.54 Å². The minimum Gasteiger partial charge on any atom is -0.454 e. The van der Waals surface area contributed by atoms with Crippen LogP contribution in [0.2, 0.25) is 5.02 Å². The fourth-order valence-corrected chi connectivity index (χ4v) is 3.19. The Morgan fingerprint density at radius 3 is 2.31 bits per heavy atom. The number of esters is 1. The second-order valence-corrected chi connectivity index (χ2v) is 7.54. The van der Waals surface area contributed by atoms with E-state index in [9.17, 15) is 29.3 Å². The van der Waals surface area contributed by atoms with Crippen molar-refractivity contribution < 1.29 is 28.8 Å². The van der Waals surface area contributed by atoms with Crippen molar-refractivity contribution >= 4 is 40.9 Å². The zero-order valence-corrected chi connectivity index (χ0v) is 17.6. The predicted octanol–water partition coefficient (Wildman–Crippen LogP) is 2.56. The van der Waals surface area contributed by atoms with Crippen LogP contribution in [0.1, 0.15) is 34.1 Å². The summed E-state index contributed by atoms with van der Waals surface area (Å²) in [6, 6.07) is 11.0. The molecule has 0 spiro atoms. The zero-order valence-electron chi connectivity index (χ0n) is 16.8. The van der Waals surface area contributed by atoms with Crippen LogP contribution in [0.4, 0.5) is 5.69 Å². The lowest BCUT2D eigenvalue weighted by atomic mass is 10.1. The lowest BCUT2D eigenvalue weighted by Crippen LogP contribution is -2.43. The fourth-order valence-electron chi connectivity index (χ4n) is 3.07. The average molecular weight is 460 g/mol. The van der Waals surface area contributed by atoms with Gasteiger partial charge >= 0.3 is 5.97 Å². The van der Waals surface area contributed by atoms with Crippen LogP contribution in [0.3, 0.4) is 0 Å². The largest absolute Gasteiger partial charge is 0.454 e. The number of nitro benzene ring substituents is 1. The SMILES string of the molecule is C[C@H](OC(=O)[C@H]1CC(=O)N(NC(=O)c2ccc([N+](=O)[O-])cc2)C1)C(=O)c1ccc(Cl)cc1. The van der Waals surface area contributed by atoms with Gasteiger partial charge in [0.05, 0.1) is 17.4 Å². The number of non-ortho nitro benzene ring substituents is 1. The van der Waals surface area contributed by atoms with Crippen LogP contribution in [0.25, 0.3) is 0 Å². The number of benzene rings is 2. The van der Waals surface area contributed by atoms with Crippen LogP contribution in [0.15, 0.2) is 48.5 Å². The van der Waals surface area contributed by atoms with Gasteiger partial charge in [-0.3, -0.25) is 39.7 Å². The highest BCUT2D eigenvalue weighted by Crippen LogP contribution is 2.20. The number of ketones is 1. The molecule has 1 heterocycles. The molecule has 1 fully saturated rings. The van der Waals surface area contributed by atoms with E-state index >= 15 is 0 Å². The minimum absolute atomic E-state index is 0.108. The third kappa shape index (κ3) is 5.27. The molecule has 2 amide bonds. The fraction of sp³-hybridized carbons (Fsp3) is 0.238. The maximum absolute atomic E-state index is 12.4. The number of rotatable bonds is 7. The summed E-state index contributed by atoms with van der Waals surface area (Å²) >= 11 is 5.80. The van der Waals surface area contributed by atoms with Crippen molar-refractivity contribution in [2.45, 2.75) is 19.4 Å². The molecular weight excluding hydrogens is 442 g/mol. The molecule has 0 bridgehead atoms. The van der Waals surface area contributed by atoms with Crippen molar-refractivity contribution in [3.05, 3.63) is 74.8 Å².